The molecule has 7 atom stereocenters. The van der Waals surface area contributed by atoms with E-state index in [-0.39, 0.29) is 35.7 Å². The quantitative estimate of drug-likeness (QED) is 0.139. The van der Waals surface area contributed by atoms with E-state index in [1.165, 1.54) is 0 Å². The van der Waals surface area contributed by atoms with E-state index in [1.807, 2.05) is 48.5 Å². The third-order valence-electron chi connectivity index (χ3n) is 14.0. The number of nitrogens with two attached hydrogens (primary N) is 1. The van der Waals surface area contributed by atoms with Crippen LogP contribution >= 0.6 is 0 Å². The van der Waals surface area contributed by atoms with E-state index in [0.717, 1.165) is 115 Å². The van der Waals surface area contributed by atoms with E-state index < -0.39 is 29.8 Å². The Labute approximate surface area is 368 Å². The summed E-state index contributed by atoms with van der Waals surface area (Å²) in [6.45, 7) is 15.1. The molecule has 0 bridgehead atoms. The van der Waals surface area contributed by atoms with Crippen LogP contribution in [-0.2, 0) is 14.4 Å². The molecule has 14 heteroatoms. The van der Waals surface area contributed by atoms with Crippen molar-refractivity contribution in [3.8, 4) is 0 Å². The van der Waals surface area contributed by atoms with Gasteiger partial charge >= 0.3 is 5.97 Å². The lowest BCUT2D eigenvalue weighted by Crippen LogP contribution is -2.53. The molecule has 14 nitrogen and oxygen atoms in total. The zero-order valence-corrected chi connectivity index (χ0v) is 37.4. The molecule has 2 heterocycles. The molecular weight excluding hydrogens is 785 g/mol. The summed E-state index contributed by atoms with van der Waals surface area (Å²) in [6, 6.07) is 14.2. The minimum atomic E-state index is -0.847. The van der Waals surface area contributed by atoms with Crippen molar-refractivity contribution >= 4 is 41.0 Å². The Balaban J connectivity index is 0.954. The highest BCUT2D eigenvalue weighted by Gasteiger charge is 2.36. The molecule has 0 spiro atoms. The highest BCUT2D eigenvalue weighted by molar-refractivity contribution is 5.96. The molecule has 4 fully saturated rings. The zero-order valence-electron chi connectivity index (χ0n) is 37.4. The number of nitrogens with one attached hydrogen (secondary N) is 3. The van der Waals surface area contributed by atoms with Gasteiger partial charge in [-0.3, -0.25) is 33.8 Å². The number of aliphatic carboxylic acids is 1. The number of hydrogen-bond donors (Lipinski definition) is 5. The second-order valence-electron chi connectivity index (χ2n) is 18.3. The van der Waals surface area contributed by atoms with Gasteiger partial charge in [0.25, 0.3) is 11.8 Å². The van der Waals surface area contributed by atoms with Crippen molar-refractivity contribution < 1.29 is 29.1 Å². The van der Waals surface area contributed by atoms with Gasteiger partial charge in [-0.1, -0.05) is 46.5 Å². The molecule has 2 aromatic carbocycles. The Hall–Kier alpha value is -4.69. The first kappa shape index (κ1) is 46.8. The normalized spacial score (nSPS) is 24.0. The highest BCUT2D eigenvalue weighted by atomic mass is 16.4. The largest absolute Gasteiger partial charge is 0.481 e. The summed E-state index contributed by atoms with van der Waals surface area (Å²) >= 11 is 0. The number of amides is 4. The molecule has 4 aliphatic rings. The molecule has 0 aromatic heterocycles. The Morgan fingerprint density at radius 1 is 0.677 bits per heavy atom. The van der Waals surface area contributed by atoms with Crippen molar-refractivity contribution in [2.75, 3.05) is 68.7 Å². The van der Waals surface area contributed by atoms with Gasteiger partial charge in [0.05, 0.1) is 11.8 Å². The maximum atomic E-state index is 13.8. The summed E-state index contributed by atoms with van der Waals surface area (Å²) in [5.41, 5.74) is 9.18. The number of primary amides is 1. The molecule has 4 amide bonds. The van der Waals surface area contributed by atoms with Crippen LogP contribution < -0.4 is 31.5 Å². The van der Waals surface area contributed by atoms with Crippen molar-refractivity contribution in [3.63, 3.8) is 0 Å². The van der Waals surface area contributed by atoms with Gasteiger partial charge in [-0.05, 0) is 112 Å². The highest BCUT2D eigenvalue weighted by Crippen LogP contribution is 2.28. The van der Waals surface area contributed by atoms with Crippen LogP contribution in [0.2, 0.25) is 0 Å². The lowest BCUT2D eigenvalue weighted by Gasteiger charge is -2.41. The number of carbonyl (C=O) groups is 5. The van der Waals surface area contributed by atoms with Gasteiger partial charge < -0.3 is 36.6 Å². The van der Waals surface area contributed by atoms with Gasteiger partial charge in [-0.15, -0.1) is 0 Å². The van der Waals surface area contributed by atoms with Crippen LogP contribution in [0.5, 0.6) is 0 Å². The molecule has 62 heavy (non-hydrogen) atoms. The van der Waals surface area contributed by atoms with Gasteiger partial charge in [0, 0.05) is 93.0 Å². The van der Waals surface area contributed by atoms with E-state index in [4.69, 9.17) is 5.73 Å². The Kier molecular flexibility index (Phi) is 17.1. The average molecular weight is 857 g/mol. The van der Waals surface area contributed by atoms with Crippen molar-refractivity contribution in [3.05, 3.63) is 59.7 Å². The van der Waals surface area contributed by atoms with Gasteiger partial charge in [-0.25, -0.2) is 0 Å². The number of benzene rings is 2. The van der Waals surface area contributed by atoms with Crippen molar-refractivity contribution in [2.45, 2.75) is 122 Å². The first-order valence-electron chi connectivity index (χ1n) is 23.5. The van der Waals surface area contributed by atoms with Crippen LogP contribution in [0.25, 0.3) is 0 Å². The van der Waals surface area contributed by atoms with Crippen LogP contribution in [0.15, 0.2) is 48.5 Å². The fourth-order valence-corrected chi connectivity index (χ4v) is 10.3. The maximum Gasteiger partial charge on any atom is 0.308 e. The van der Waals surface area contributed by atoms with E-state index >= 15 is 0 Å². The van der Waals surface area contributed by atoms with Crippen LogP contribution in [-0.4, -0.2) is 128 Å². The van der Waals surface area contributed by atoms with Crippen LogP contribution in [0.3, 0.4) is 0 Å². The zero-order chi connectivity index (χ0) is 44.2. The maximum absolute atomic E-state index is 13.8. The molecule has 6 N–H and O–H groups in total. The number of carboxylic acid groups (broad SMARTS) is 1. The molecule has 0 radical (unpaired) electrons. The number of carboxylic acids is 1. The minimum absolute atomic E-state index is 0.124. The molecule has 340 valence electrons. The first-order chi connectivity index (χ1) is 29.9. The van der Waals surface area contributed by atoms with Crippen molar-refractivity contribution in [1.82, 2.24) is 25.8 Å². The smallest absolute Gasteiger partial charge is 0.308 e. The van der Waals surface area contributed by atoms with Crippen molar-refractivity contribution in [2.24, 2.45) is 23.5 Å². The number of hydrogen-bond acceptors (Lipinski definition) is 9. The fraction of sp³-hybridized carbons (Fsp3) is 0.646. The summed E-state index contributed by atoms with van der Waals surface area (Å²) < 4.78 is 0. The lowest BCUT2D eigenvalue weighted by molar-refractivity contribution is -0.143. The molecule has 2 aliphatic heterocycles. The van der Waals surface area contributed by atoms with Gasteiger partial charge in [0.2, 0.25) is 11.8 Å². The van der Waals surface area contributed by atoms with Crippen LogP contribution in [0.1, 0.15) is 119 Å². The summed E-state index contributed by atoms with van der Waals surface area (Å²) in [4.78, 5) is 74.4. The van der Waals surface area contributed by atoms with E-state index in [9.17, 15) is 29.1 Å². The number of anilines is 2. The summed E-state index contributed by atoms with van der Waals surface area (Å²) in [7, 11) is 0. The summed E-state index contributed by atoms with van der Waals surface area (Å²) in [6.07, 6.45) is 9.62. The SMILES string of the molecule is CCCN1CCN(c2ccc(C(=O)N[C@H]3CCCC[C@H]3C(=O)N[C@@H](CC(C)CC(CC)N3CCN(c4ccc(C(=O)N[C@H]5CCCC[C@H]5C(=O)O)cc4)CC3)C(N)=O)cc2)CC1. The van der Waals surface area contributed by atoms with Gasteiger partial charge in [0.1, 0.15) is 6.04 Å². The molecule has 6 rings (SSSR count). The second kappa shape index (κ2) is 22.6. The van der Waals surface area contributed by atoms with Gasteiger partial charge in [-0.2, -0.15) is 0 Å². The number of piperazine rings is 2. The predicted molar refractivity (Wildman–Crippen MR) is 243 cm³/mol. The number of nitrogens with zero attached hydrogens (tertiary/aromatic N) is 4. The first-order valence-corrected chi connectivity index (χ1v) is 23.5. The predicted octanol–water partition coefficient (Wildman–Crippen LogP) is 4.87. The Morgan fingerprint density at radius 3 is 1.65 bits per heavy atom. The Bertz CT molecular complexity index is 1790. The van der Waals surface area contributed by atoms with E-state index in [1.54, 1.807) is 0 Å². The number of rotatable bonds is 18. The Morgan fingerprint density at radius 2 is 1.16 bits per heavy atom. The third-order valence-corrected chi connectivity index (χ3v) is 14.0. The van der Waals surface area contributed by atoms with Crippen LogP contribution in [0, 0.1) is 17.8 Å². The lowest BCUT2D eigenvalue weighted by atomic mass is 9.83. The molecule has 2 unspecified atom stereocenters. The summed E-state index contributed by atoms with van der Waals surface area (Å²) in [5.74, 6) is -2.89. The third kappa shape index (κ3) is 12.5. The van der Waals surface area contributed by atoms with Gasteiger partial charge in [0.15, 0.2) is 0 Å². The van der Waals surface area contributed by atoms with Crippen LogP contribution in [0.4, 0.5) is 11.4 Å². The van der Waals surface area contributed by atoms with E-state index in [0.29, 0.717) is 49.3 Å². The molecule has 2 aromatic rings. The molecule has 2 saturated heterocycles. The fourth-order valence-electron chi connectivity index (χ4n) is 10.3. The standard InChI is InChI=1S/C48H72N8O6/c1-4-22-53-23-25-55(26-24-53)37-18-14-34(15-19-37)45(58)50-41-12-8-6-10-39(41)47(60)52-43(44(49)57)32-33(3)31-36(5-2)54-27-29-56(30-28-54)38-20-16-35(17-21-38)46(59)51-42-13-9-7-11-40(42)48(61)62/h14-21,33,36,39-43H,4-13,22-32H2,1-3H3,(H2,49,57)(H,50,58)(H,51,59)(H,52,60)(H,61,62)/t33?,36?,39-,40-,41+,42+,43+/m1/s1. The average Bonchev–Trinajstić information content (AvgIpc) is 3.28. The second-order valence-corrected chi connectivity index (χ2v) is 18.3. The summed E-state index contributed by atoms with van der Waals surface area (Å²) in [5, 5.41) is 18.7. The topological polar surface area (TPSA) is 181 Å². The molecular formula is C48H72N8O6. The molecule has 2 aliphatic carbocycles. The van der Waals surface area contributed by atoms with E-state index in [2.05, 4.69) is 56.3 Å². The number of carbonyl (C=O) groups excluding carboxylic acids is 4. The monoisotopic (exact) mass is 857 g/mol. The minimum Gasteiger partial charge on any atom is -0.481 e. The molecule has 2 saturated carbocycles. The van der Waals surface area contributed by atoms with Crippen molar-refractivity contribution in [1.29, 1.82) is 0 Å².